The predicted octanol–water partition coefficient (Wildman–Crippen LogP) is 0.964. The number of rotatable bonds is 3. The summed E-state index contributed by atoms with van der Waals surface area (Å²) in [4.78, 5) is 11.4. The number of anilines is 1. The summed E-state index contributed by atoms with van der Waals surface area (Å²) in [5.41, 5.74) is 1.47. The first-order chi connectivity index (χ1) is 9.87. The summed E-state index contributed by atoms with van der Waals surface area (Å²) in [6.07, 6.45) is 0. The summed E-state index contributed by atoms with van der Waals surface area (Å²) in [7, 11) is -2.25. The predicted molar refractivity (Wildman–Crippen MR) is 75.6 cm³/mol. The highest BCUT2D eigenvalue weighted by molar-refractivity contribution is 7.92. The van der Waals surface area contributed by atoms with Crippen LogP contribution in [-0.2, 0) is 17.1 Å². The van der Waals surface area contributed by atoms with Gasteiger partial charge in [0.1, 0.15) is 0 Å². The lowest BCUT2D eigenvalue weighted by Crippen LogP contribution is -2.13. The number of oxazole rings is 1. The summed E-state index contributed by atoms with van der Waals surface area (Å²) in [5.74, 6) is -0.349. The molecule has 0 aliphatic heterocycles. The third-order valence-electron chi connectivity index (χ3n) is 3.02. The Balaban J connectivity index is 2.04. The van der Waals surface area contributed by atoms with Gasteiger partial charge in [-0.15, -0.1) is 0 Å². The fourth-order valence-electron chi connectivity index (χ4n) is 1.95. The van der Waals surface area contributed by atoms with Crippen molar-refractivity contribution in [3.8, 4) is 0 Å². The van der Waals surface area contributed by atoms with E-state index in [1.165, 1.54) is 22.8 Å². The molecule has 1 aromatic carbocycles. The van der Waals surface area contributed by atoms with Crippen LogP contribution in [0, 0.1) is 6.92 Å². The second kappa shape index (κ2) is 4.48. The smallest absolute Gasteiger partial charge is 0.408 e. The van der Waals surface area contributed by atoms with Gasteiger partial charge in [-0.25, -0.2) is 13.2 Å². The molecule has 0 radical (unpaired) electrons. The Morgan fingerprint density at radius 3 is 2.76 bits per heavy atom. The molecular weight excluding hydrogens is 296 g/mol. The molecule has 9 heteroatoms. The fraction of sp³-hybridized carbons (Fsp3) is 0.167. The van der Waals surface area contributed by atoms with Crippen LogP contribution in [0.3, 0.4) is 0 Å². The van der Waals surface area contributed by atoms with Crippen LogP contribution in [0.15, 0.2) is 38.4 Å². The molecule has 0 saturated carbocycles. The van der Waals surface area contributed by atoms with Crippen molar-refractivity contribution in [2.24, 2.45) is 7.05 Å². The average Bonchev–Trinajstić information content (AvgIpc) is 2.93. The van der Waals surface area contributed by atoms with Gasteiger partial charge in [-0.2, -0.15) is 5.10 Å². The standard InChI is InChI=1S/C12H12N4O4S/c1-7-5-11(14-13-7)15-21(18,19)8-3-4-9-10(6-8)20-12(17)16(9)2/h3-6H,1-2H3,(H2,13,14,15). The van der Waals surface area contributed by atoms with E-state index in [4.69, 9.17) is 4.42 Å². The molecule has 21 heavy (non-hydrogen) atoms. The molecule has 2 heterocycles. The number of hydrogen-bond acceptors (Lipinski definition) is 5. The zero-order chi connectivity index (χ0) is 15.2. The Labute approximate surface area is 119 Å². The summed E-state index contributed by atoms with van der Waals surface area (Å²) >= 11 is 0. The molecule has 0 saturated heterocycles. The highest BCUT2D eigenvalue weighted by Gasteiger charge is 2.18. The fourth-order valence-corrected chi connectivity index (χ4v) is 2.96. The molecular formula is C12H12N4O4S. The van der Waals surface area contributed by atoms with E-state index in [0.717, 1.165) is 5.69 Å². The molecule has 0 spiro atoms. The van der Waals surface area contributed by atoms with E-state index in [-0.39, 0.29) is 16.3 Å². The first kappa shape index (κ1) is 13.4. The molecule has 3 rings (SSSR count). The molecule has 3 aromatic rings. The number of benzene rings is 1. The molecule has 0 fully saturated rings. The van der Waals surface area contributed by atoms with Gasteiger partial charge in [0.2, 0.25) is 0 Å². The van der Waals surface area contributed by atoms with Crippen molar-refractivity contribution in [1.82, 2.24) is 14.8 Å². The highest BCUT2D eigenvalue weighted by Crippen LogP contribution is 2.20. The first-order valence-corrected chi connectivity index (χ1v) is 7.49. The van der Waals surface area contributed by atoms with Gasteiger partial charge < -0.3 is 4.42 Å². The van der Waals surface area contributed by atoms with E-state index in [9.17, 15) is 13.2 Å². The van der Waals surface area contributed by atoms with E-state index < -0.39 is 15.8 Å². The molecule has 0 amide bonds. The number of aromatic nitrogens is 3. The number of aryl methyl sites for hydroxylation is 2. The van der Waals surface area contributed by atoms with Gasteiger partial charge >= 0.3 is 5.76 Å². The maximum atomic E-state index is 12.3. The lowest BCUT2D eigenvalue weighted by molar-refractivity contribution is 0.527. The summed E-state index contributed by atoms with van der Waals surface area (Å²) in [6.45, 7) is 1.76. The molecule has 8 nitrogen and oxygen atoms in total. The van der Waals surface area contributed by atoms with Crippen molar-refractivity contribution in [2.75, 3.05) is 4.72 Å². The number of nitrogens with one attached hydrogen (secondary N) is 2. The lowest BCUT2D eigenvalue weighted by atomic mass is 10.3. The largest absolute Gasteiger partial charge is 0.419 e. The van der Waals surface area contributed by atoms with Gasteiger partial charge in [0.25, 0.3) is 10.0 Å². The van der Waals surface area contributed by atoms with E-state index >= 15 is 0 Å². The molecule has 0 aliphatic rings. The van der Waals surface area contributed by atoms with Gasteiger partial charge in [-0.05, 0) is 19.1 Å². The Morgan fingerprint density at radius 1 is 1.33 bits per heavy atom. The number of hydrogen-bond donors (Lipinski definition) is 2. The molecule has 0 unspecified atom stereocenters. The van der Waals surface area contributed by atoms with Gasteiger partial charge in [-0.3, -0.25) is 14.4 Å². The Kier molecular flexibility index (Phi) is 2.87. The third kappa shape index (κ3) is 2.31. The van der Waals surface area contributed by atoms with Crippen molar-refractivity contribution in [3.63, 3.8) is 0 Å². The molecule has 0 bridgehead atoms. The Morgan fingerprint density at radius 2 is 2.10 bits per heavy atom. The molecule has 0 atom stereocenters. The zero-order valence-corrected chi connectivity index (χ0v) is 12.1. The van der Waals surface area contributed by atoms with Gasteiger partial charge in [0, 0.05) is 24.9 Å². The first-order valence-electron chi connectivity index (χ1n) is 6.01. The van der Waals surface area contributed by atoms with Crippen LogP contribution in [0.25, 0.3) is 11.1 Å². The number of aromatic amines is 1. The van der Waals surface area contributed by atoms with Crippen molar-refractivity contribution in [1.29, 1.82) is 0 Å². The van der Waals surface area contributed by atoms with Gasteiger partial charge in [-0.1, -0.05) is 0 Å². The second-order valence-electron chi connectivity index (χ2n) is 4.60. The van der Waals surface area contributed by atoms with E-state index in [0.29, 0.717) is 5.52 Å². The van der Waals surface area contributed by atoms with E-state index in [1.807, 2.05) is 0 Å². The molecule has 0 aliphatic carbocycles. The Bertz CT molecular complexity index is 980. The normalized spacial score (nSPS) is 11.9. The quantitative estimate of drug-likeness (QED) is 0.749. The van der Waals surface area contributed by atoms with Crippen LogP contribution in [0.2, 0.25) is 0 Å². The van der Waals surface area contributed by atoms with Crippen molar-refractivity contribution in [2.45, 2.75) is 11.8 Å². The lowest BCUT2D eigenvalue weighted by Gasteiger charge is -2.04. The number of nitrogens with zero attached hydrogens (tertiary/aromatic N) is 2. The Hall–Kier alpha value is -2.55. The SMILES string of the molecule is Cc1cc(NS(=O)(=O)c2ccc3c(c2)oc(=O)n3C)n[nH]1. The molecule has 110 valence electrons. The topological polar surface area (TPSA) is 110 Å². The van der Waals surface area contributed by atoms with Crippen molar-refractivity contribution < 1.29 is 12.8 Å². The van der Waals surface area contributed by atoms with Crippen LogP contribution in [0.4, 0.5) is 5.82 Å². The third-order valence-corrected chi connectivity index (χ3v) is 4.37. The average molecular weight is 308 g/mol. The van der Waals surface area contributed by atoms with Crippen LogP contribution in [0.5, 0.6) is 0 Å². The maximum absolute atomic E-state index is 12.3. The zero-order valence-electron chi connectivity index (χ0n) is 11.2. The summed E-state index contributed by atoms with van der Waals surface area (Å²) < 4.78 is 33.1. The van der Waals surface area contributed by atoms with Crippen LogP contribution in [-0.4, -0.2) is 23.2 Å². The second-order valence-corrected chi connectivity index (χ2v) is 6.28. The monoisotopic (exact) mass is 308 g/mol. The summed E-state index contributed by atoms with van der Waals surface area (Å²) in [6, 6.07) is 5.79. The highest BCUT2D eigenvalue weighted by atomic mass is 32.2. The van der Waals surface area contributed by atoms with Gasteiger partial charge in [0.05, 0.1) is 10.4 Å². The van der Waals surface area contributed by atoms with E-state index in [1.54, 1.807) is 20.0 Å². The number of fused-ring (bicyclic) bond motifs is 1. The molecule has 2 N–H and O–H groups in total. The molecule has 2 aromatic heterocycles. The van der Waals surface area contributed by atoms with Gasteiger partial charge in [0.15, 0.2) is 11.4 Å². The van der Waals surface area contributed by atoms with Crippen molar-refractivity contribution in [3.05, 3.63) is 40.5 Å². The maximum Gasteiger partial charge on any atom is 0.419 e. The minimum atomic E-state index is -3.80. The minimum Gasteiger partial charge on any atom is -0.408 e. The minimum absolute atomic E-state index is 0.00926. The van der Waals surface area contributed by atoms with Crippen LogP contribution >= 0.6 is 0 Å². The van der Waals surface area contributed by atoms with E-state index in [2.05, 4.69) is 14.9 Å². The van der Waals surface area contributed by atoms with Crippen LogP contribution < -0.4 is 10.5 Å². The summed E-state index contributed by atoms with van der Waals surface area (Å²) in [5, 5.41) is 6.46. The van der Waals surface area contributed by atoms with Crippen LogP contribution in [0.1, 0.15) is 5.69 Å². The van der Waals surface area contributed by atoms with Crippen molar-refractivity contribution >= 4 is 26.9 Å². The number of sulfonamides is 1. The number of H-pyrrole nitrogens is 1.